The Kier molecular flexibility index (Phi) is 3.31. The minimum Gasteiger partial charge on any atom is -0.281 e. The molecule has 90 valence electrons. The number of aromatic nitrogens is 2. The van der Waals surface area contributed by atoms with Crippen LogP contribution in [0.15, 0.2) is 29.1 Å². The Morgan fingerprint density at radius 3 is 2.29 bits per heavy atom. The molecule has 0 bridgehead atoms. The molecule has 0 saturated carbocycles. The van der Waals surface area contributed by atoms with Gasteiger partial charge in [0.2, 0.25) is 0 Å². The topological polar surface area (TPSA) is 26.9 Å². The van der Waals surface area contributed by atoms with Crippen molar-refractivity contribution < 1.29 is 0 Å². The first-order chi connectivity index (χ1) is 8.06. The van der Waals surface area contributed by atoms with E-state index in [1.54, 1.807) is 28.9 Å². The highest BCUT2D eigenvalue weighted by Crippen LogP contribution is 2.17. The molecule has 5 heteroatoms. The molecule has 2 rings (SSSR count). The van der Waals surface area contributed by atoms with Crippen LogP contribution in [0.3, 0.4) is 0 Å². The van der Waals surface area contributed by atoms with Gasteiger partial charge in [-0.15, -0.1) is 0 Å². The van der Waals surface area contributed by atoms with E-state index >= 15 is 0 Å². The van der Waals surface area contributed by atoms with E-state index in [-0.39, 0.29) is 10.6 Å². The van der Waals surface area contributed by atoms with Crippen LogP contribution in [0.25, 0.3) is 5.69 Å². The van der Waals surface area contributed by atoms with E-state index in [0.717, 1.165) is 11.4 Å². The third kappa shape index (κ3) is 2.01. The summed E-state index contributed by atoms with van der Waals surface area (Å²) in [5.41, 5.74) is 1.33. The summed E-state index contributed by atoms with van der Waals surface area (Å²) in [6, 6.07) is 7.09. The van der Waals surface area contributed by atoms with Crippen molar-refractivity contribution in [2.24, 2.45) is 0 Å². The van der Waals surface area contributed by atoms with E-state index in [1.165, 1.54) is 0 Å². The molecule has 0 spiro atoms. The normalized spacial score (nSPS) is 10.8. The molecule has 0 N–H and O–H groups in total. The molecule has 0 aliphatic heterocycles. The van der Waals surface area contributed by atoms with Gasteiger partial charge in [0.25, 0.3) is 5.56 Å². The van der Waals surface area contributed by atoms with Crippen LogP contribution in [0.1, 0.15) is 12.6 Å². The standard InChI is InChI=1S/C12H12Cl2N2O/c1-3-15-8(2)11(14)12(17)16(15)10-6-4-9(13)5-7-10/h4-7H,3H2,1-2H3. The molecular formula is C12H12Cl2N2O. The maximum Gasteiger partial charge on any atom is 0.290 e. The largest absolute Gasteiger partial charge is 0.290 e. The van der Waals surface area contributed by atoms with Gasteiger partial charge in [0.15, 0.2) is 0 Å². The second-order valence-corrected chi connectivity index (χ2v) is 4.52. The lowest BCUT2D eigenvalue weighted by atomic mass is 10.3. The summed E-state index contributed by atoms with van der Waals surface area (Å²) in [5.74, 6) is 0. The first-order valence-electron chi connectivity index (χ1n) is 5.30. The third-order valence-electron chi connectivity index (χ3n) is 2.70. The van der Waals surface area contributed by atoms with Crippen molar-refractivity contribution in [2.75, 3.05) is 0 Å². The van der Waals surface area contributed by atoms with Crippen molar-refractivity contribution in [3.63, 3.8) is 0 Å². The van der Waals surface area contributed by atoms with E-state index in [4.69, 9.17) is 23.2 Å². The van der Waals surface area contributed by atoms with Crippen LogP contribution in [0.4, 0.5) is 0 Å². The van der Waals surface area contributed by atoms with Crippen molar-refractivity contribution in [1.29, 1.82) is 0 Å². The second kappa shape index (κ2) is 4.59. The van der Waals surface area contributed by atoms with Crippen molar-refractivity contribution in [3.8, 4) is 5.69 Å². The fraction of sp³-hybridized carbons (Fsp3) is 0.250. The summed E-state index contributed by atoms with van der Waals surface area (Å²) < 4.78 is 3.40. The van der Waals surface area contributed by atoms with E-state index < -0.39 is 0 Å². The summed E-state index contributed by atoms with van der Waals surface area (Å²) >= 11 is 11.8. The fourth-order valence-electron chi connectivity index (χ4n) is 1.84. The lowest BCUT2D eigenvalue weighted by Gasteiger charge is -2.11. The van der Waals surface area contributed by atoms with E-state index in [0.29, 0.717) is 11.6 Å². The van der Waals surface area contributed by atoms with Crippen molar-refractivity contribution >= 4 is 23.2 Å². The summed E-state index contributed by atoms with van der Waals surface area (Å²) in [7, 11) is 0. The zero-order valence-corrected chi connectivity index (χ0v) is 11.1. The predicted molar refractivity (Wildman–Crippen MR) is 70.5 cm³/mol. The molecule has 1 heterocycles. The van der Waals surface area contributed by atoms with Gasteiger partial charge in [-0.05, 0) is 38.1 Å². The quantitative estimate of drug-likeness (QED) is 0.823. The molecule has 1 aromatic heterocycles. The average molecular weight is 271 g/mol. The SMILES string of the molecule is CCn1c(C)c(Cl)c(=O)n1-c1ccc(Cl)cc1. The first-order valence-corrected chi connectivity index (χ1v) is 6.05. The number of benzene rings is 1. The zero-order chi connectivity index (χ0) is 12.6. The molecule has 17 heavy (non-hydrogen) atoms. The summed E-state index contributed by atoms with van der Waals surface area (Å²) in [5, 5.41) is 0.904. The van der Waals surface area contributed by atoms with Crippen LogP contribution in [0.2, 0.25) is 10.0 Å². The van der Waals surface area contributed by atoms with Crippen molar-refractivity contribution in [2.45, 2.75) is 20.4 Å². The number of nitrogens with zero attached hydrogens (tertiary/aromatic N) is 2. The van der Waals surface area contributed by atoms with Gasteiger partial charge in [-0.1, -0.05) is 23.2 Å². The molecule has 0 atom stereocenters. The maximum atomic E-state index is 12.0. The molecule has 3 nitrogen and oxygen atoms in total. The molecule has 0 unspecified atom stereocenters. The Bertz CT molecular complexity index is 596. The third-order valence-corrected chi connectivity index (χ3v) is 3.38. The Labute approximate surface area is 109 Å². The predicted octanol–water partition coefficient (Wildman–Crippen LogP) is 3.27. The molecule has 0 fully saturated rings. The molecule has 0 amide bonds. The monoisotopic (exact) mass is 270 g/mol. The molecule has 0 radical (unpaired) electrons. The molecule has 0 aliphatic carbocycles. The van der Waals surface area contributed by atoms with Crippen LogP contribution in [-0.4, -0.2) is 9.36 Å². The van der Waals surface area contributed by atoms with Gasteiger partial charge >= 0.3 is 0 Å². The van der Waals surface area contributed by atoms with Gasteiger partial charge in [0.1, 0.15) is 5.02 Å². The number of hydrogen-bond acceptors (Lipinski definition) is 1. The van der Waals surface area contributed by atoms with Gasteiger partial charge in [0.05, 0.1) is 11.4 Å². The van der Waals surface area contributed by atoms with Gasteiger partial charge in [-0.25, -0.2) is 4.68 Å². The van der Waals surface area contributed by atoms with Gasteiger partial charge in [0, 0.05) is 11.6 Å². The van der Waals surface area contributed by atoms with E-state index in [1.807, 2.05) is 18.5 Å². The van der Waals surface area contributed by atoms with Gasteiger partial charge < -0.3 is 0 Å². The number of rotatable bonds is 2. The van der Waals surface area contributed by atoms with Crippen LogP contribution in [0, 0.1) is 6.92 Å². The minimum absolute atomic E-state index is 0.201. The summed E-state index contributed by atoms with van der Waals surface area (Å²) in [6.07, 6.45) is 0. The van der Waals surface area contributed by atoms with Crippen LogP contribution >= 0.6 is 23.2 Å². The maximum absolute atomic E-state index is 12.0. The molecular weight excluding hydrogens is 259 g/mol. The molecule has 2 aromatic rings. The highest BCUT2D eigenvalue weighted by Gasteiger charge is 2.15. The molecule has 0 aliphatic rings. The van der Waals surface area contributed by atoms with Gasteiger partial charge in [-0.3, -0.25) is 9.48 Å². The minimum atomic E-state index is -0.201. The van der Waals surface area contributed by atoms with Crippen LogP contribution < -0.4 is 5.56 Å². The van der Waals surface area contributed by atoms with Gasteiger partial charge in [-0.2, -0.15) is 0 Å². The van der Waals surface area contributed by atoms with E-state index in [9.17, 15) is 4.79 Å². The Balaban J connectivity index is 2.71. The number of hydrogen-bond donors (Lipinski definition) is 0. The summed E-state index contributed by atoms with van der Waals surface area (Å²) in [6.45, 7) is 4.48. The second-order valence-electron chi connectivity index (χ2n) is 3.71. The highest BCUT2D eigenvalue weighted by atomic mass is 35.5. The Morgan fingerprint density at radius 2 is 1.76 bits per heavy atom. The summed E-state index contributed by atoms with van der Waals surface area (Å²) in [4.78, 5) is 12.0. The van der Waals surface area contributed by atoms with Crippen LogP contribution in [-0.2, 0) is 6.54 Å². The lowest BCUT2D eigenvalue weighted by Crippen LogP contribution is -2.21. The zero-order valence-electron chi connectivity index (χ0n) is 9.58. The average Bonchev–Trinajstić information content (AvgIpc) is 2.54. The Hall–Kier alpha value is -1.19. The number of halogens is 2. The van der Waals surface area contributed by atoms with E-state index in [2.05, 4.69) is 0 Å². The molecule has 1 aromatic carbocycles. The lowest BCUT2D eigenvalue weighted by molar-refractivity contribution is 0.559. The first kappa shape index (κ1) is 12.3. The highest BCUT2D eigenvalue weighted by molar-refractivity contribution is 6.31. The van der Waals surface area contributed by atoms with Crippen molar-refractivity contribution in [3.05, 3.63) is 50.4 Å². The van der Waals surface area contributed by atoms with Crippen LogP contribution in [0.5, 0.6) is 0 Å². The van der Waals surface area contributed by atoms with Crippen molar-refractivity contribution in [1.82, 2.24) is 9.36 Å². The smallest absolute Gasteiger partial charge is 0.281 e. The fourth-order valence-corrected chi connectivity index (χ4v) is 2.14. The molecule has 0 saturated heterocycles. The Morgan fingerprint density at radius 1 is 1.18 bits per heavy atom.